The van der Waals surface area contributed by atoms with Crippen molar-refractivity contribution >= 4 is 18.5 Å². The third-order valence-corrected chi connectivity index (χ3v) is 0. The van der Waals surface area contributed by atoms with Gasteiger partial charge in [-0.05, 0) is 0 Å². The van der Waals surface area contributed by atoms with E-state index in [1.807, 2.05) is 0 Å². The maximum atomic E-state index is 8.06. The topological polar surface area (TPSA) is 17.1 Å². The second-order valence-electron chi connectivity index (χ2n) is 0. The van der Waals surface area contributed by atoms with Crippen LogP contribution in [0, 0.1) is 7.43 Å². The third kappa shape index (κ3) is 364. The van der Waals surface area contributed by atoms with Crippen molar-refractivity contribution in [1.29, 1.82) is 0 Å². The number of rotatable bonds is 0. The van der Waals surface area contributed by atoms with Crippen molar-refractivity contribution in [3.8, 4) is 0 Å². The summed E-state index contributed by atoms with van der Waals surface area (Å²) >= 11 is 0. The lowest BCUT2D eigenvalue weighted by atomic mass is 10.8. The standard InChI is InChI=1S/C.BH3.OSi/c;;1-2/h;1H3;. The van der Waals surface area contributed by atoms with E-state index >= 15 is 0 Å². The van der Waals surface area contributed by atoms with Crippen molar-refractivity contribution in [2.24, 2.45) is 0 Å². The van der Waals surface area contributed by atoms with Crippen LogP contribution in [0.25, 0.3) is 0 Å². The van der Waals surface area contributed by atoms with Crippen molar-refractivity contribution in [1.82, 2.24) is 0 Å². The third-order valence-electron chi connectivity index (χ3n) is 0. The Morgan fingerprint density at radius 3 is 1.25 bits per heavy atom. The highest BCUT2D eigenvalue weighted by molar-refractivity contribution is 5.85. The fourth-order valence-electron chi connectivity index (χ4n) is 0. The highest BCUT2D eigenvalue weighted by Gasteiger charge is 0.803. The fraction of sp³-hybridized carbons (Fsp3) is 0. The monoisotopic (exact) mass is 70.0 g/mol. The van der Waals surface area contributed by atoms with Crippen LogP contribution >= 0.6 is 0 Å². The van der Waals surface area contributed by atoms with Crippen molar-refractivity contribution < 1.29 is 4.46 Å². The zero-order chi connectivity index (χ0) is 2.00. The molecule has 1 nitrogen and oxygen atoms in total. The Bertz CT molecular complexity index is 8.00. The molecule has 0 rings (SSSR count). The van der Waals surface area contributed by atoms with Gasteiger partial charge in [0.15, 0.2) is 0 Å². The van der Waals surface area contributed by atoms with E-state index < -0.39 is 0 Å². The van der Waals surface area contributed by atoms with Gasteiger partial charge in [-0.3, -0.25) is 0 Å². The second-order valence-corrected chi connectivity index (χ2v) is 0. The lowest BCUT2D eigenvalue weighted by molar-refractivity contribution is 0.590. The summed E-state index contributed by atoms with van der Waals surface area (Å²) in [5.74, 6) is 0. The van der Waals surface area contributed by atoms with E-state index in [1.54, 1.807) is 10.1 Å². The molecule has 6 radical (unpaired) electrons. The Morgan fingerprint density at radius 1 is 1.25 bits per heavy atom. The Morgan fingerprint density at radius 2 is 1.25 bits per heavy atom. The van der Waals surface area contributed by atoms with Crippen LogP contribution in [0.4, 0.5) is 0 Å². The Balaban J connectivity index is -0.00000000500. The van der Waals surface area contributed by atoms with Crippen molar-refractivity contribution in [3.05, 3.63) is 7.43 Å². The molecule has 0 saturated heterocycles. The molecule has 0 heterocycles. The summed E-state index contributed by atoms with van der Waals surface area (Å²) in [4.78, 5) is 0. The first-order valence-corrected chi connectivity index (χ1v) is 0.612. The average molecular weight is 69.9 g/mol. The molecular weight excluding hydrogens is 66.9 g/mol. The molecule has 0 N–H and O–H groups in total. The molecule has 0 unspecified atom stereocenters. The highest BCUT2D eigenvalue weighted by Crippen LogP contribution is 0.469. The maximum Gasteiger partial charge on any atom is 0.381 e. The zero-order valence-electron chi connectivity index (χ0n) is 1.41. The van der Waals surface area contributed by atoms with Crippen LogP contribution in [0.1, 0.15) is 0 Å². The van der Waals surface area contributed by atoms with E-state index in [4.69, 9.17) is 4.46 Å². The predicted octanol–water partition coefficient (Wildman–Crippen LogP) is -1.60. The lowest BCUT2D eigenvalue weighted by Gasteiger charge is -0.803. The minimum absolute atomic E-state index is 0. The van der Waals surface area contributed by atoms with Gasteiger partial charge in [0.2, 0.25) is 0 Å². The predicted molar refractivity (Wildman–Crippen MR) is 19.6 cm³/mol. The highest BCUT2D eigenvalue weighted by atomic mass is 28.1. The van der Waals surface area contributed by atoms with Gasteiger partial charge in [-0.1, -0.05) is 0 Å². The van der Waals surface area contributed by atoms with Gasteiger partial charge in [-0.15, -0.1) is 0 Å². The number of hydrogen-bond acceptors (Lipinski definition) is 1. The molecule has 0 spiro atoms. The molecule has 0 atom stereocenters. The van der Waals surface area contributed by atoms with E-state index in [9.17, 15) is 0 Å². The van der Waals surface area contributed by atoms with Gasteiger partial charge in [-0.2, -0.15) is 0 Å². The summed E-state index contributed by atoms with van der Waals surface area (Å²) in [7, 11) is 1.72. The van der Waals surface area contributed by atoms with Crippen LogP contribution < -0.4 is 0 Å². The average Bonchev–Trinajstić information content (AvgIpc) is 1.00. The van der Waals surface area contributed by atoms with Crippen LogP contribution in [-0.2, 0) is 4.46 Å². The lowest BCUT2D eigenvalue weighted by Crippen LogP contribution is -0.969. The van der Waals surface area contributed by atoms with E-state index in [0.717, 1.165) is 0 Å². The molecule has 0 aromatic rings. The molecule has 0 aromatic heterocycles. The molecule has 0 aliphatic carbocycles. The van der Waals surface area contributed by atoms with Gasteiger partial charge in [0.25, 0.3) is 0 Å². The van der Waals surface area contributed by atoms with E-state index in [-0.39, 0.29) is 15.8 Å². The first-order valence-electron chi connectivity index (χ1n) is 0.204. The first kappa shape index (κ1) is 33.1. The van der Waals surface area contributed by atoms with Crippen LogP contribution in [0.15, 0.2) is 0 Å². The minimum Gasteiger partial charge on any atom is -0.381 e. The van der Waals surface area contributed by atoms with Gasteiger partial charge in [-0.25, -0.2) is 0 Å². The summed E-state index contributed by atoms with van der Waals surface area (Å²) in [5.41, 5.74) is 0. The minimum atomic E-state index is 0. The summed E-state index contributed by atoms with van der Waals surface area (Å²) in [6.07, 6.45) is 0. The molecule has 0 aliphatic rings. The van der Waals surface area contributed by atoms with E-state index in [1.165, 1.54) is 0 Å². The molecule has 0 bridgehead atoms. The summed E-state index contributed by atoms with van der Waals surface area (Å²) in [6, 6.07) is 0. The SMILES string of the molecule is B.O=[Si].[C]. The Hall–Kier alpha value is 0.0818. The van der Waals surface area contributed by atoms with Gasteiger partial charge in [0.05, 0.1) is 8.41 Å². The van der Waals surface area contributed by atoms with Gasteiger partial charge in [0.1, 0.15) is 0 Å². The molecule has 0 amide bonds. The van der Waals surface area contributed by atoms with E-state index in [2.05, 4.69) is 0 Å². The van der Waals surface area contributed by atoms with Crippen LogP contribution in [0.5, 0.6) is 0 Å². The zero-order valence-corrected chi connectivity index (χ0v) is 2.41. The molecule has 0 aromatic carbocycles. The van der Waals surface area contributed by atoms with E-state index in [0.29, 0.717) is 0 Å². The molecular formula is CH3BOSi. The van der Waals surface area contributed by atoms with Gasteiger partial charge >= 0.3 is 10.1 Å². The molecule has 0 saturated carbocycles. The first-order chi connectivity index (χ1) is 1.00. The van der Waals surface area contributed by atoms with Crippen molar-refractivity contribution in [2.45, 2.75) is 0 Å². The Kier molecular flexibility index (Phi) is 16500. The smallest absolute Gasteiger partial charge is 0.381 e. The van der Waals surface area contributed by atoms with Crippen molar-refractivity contribution in [2.75, 3.05) is 0 Å². The summed E-state index contributed by atoms with van der Waals surface area (Å²) < 4.78 is 8.06. The maximum absolute atomic E-state index is 8.06. The normalized spacial score (nSPS) is 1.00. The molecule has 20 valence electrons. The largest absolute Gasteiger partial charge is 0.381 e. The van der Waals surface area contributed by atoms with Gasteiger partial charge in [0, 0.05) is 7.43 Å². The summed E-state index contributed by atoms with van der Waals surface area (Å²) in [6.45, 7) is 0. The molecule has 0 aliphatic heterocycles. The second kappa shape index (κ2) is 2000. The van der Waals surface area contributed by atoms with Crippen molar-refractivity contribution in [3.63, 3.8) is 0 Å². The molecule has 0 fully saturated rings. The fourth-order valence-corrected chi connectivity index (χ4v) is 0. The number of hydrogen-bond donors (Lipinski definition) is 0. The molecule has 3 heteroatoms. The van der Waals surface area contributed by atoms with Crippen LogP contribution in [-0.4, -0.2) is 18.5 Å². The van der Waals surface area contributed by atoms with Gasteiger partial charge < -0.3 is 4.46 Å². The molecule has 4 heavy (non-hydrogen) atoms. The van der Waals surface area contributed by atoms with Crippen LogP contribution in [0.3, 0.4) is 0 Å². The van der Waals surface area contributed by atoms with Crippen LogP contribution in [0.2, 0.25) is 0 Å². The quantitative estimate of drug-likeness (QED) is 0.313. The summed E-state index contributed by atoms with van der Waals surface area (Å²) in [5, 5.41) is 0. The Labute approximate surface area is 31.5 Å².